The summed E-state index contributed by atoms with van der Waals surface area (Å²) in [5, 5.41) is 7.20. The van der Waals surface area contributed by atoms with E-state index in [9.17, 15) is 0 Å². The molecule has 0 unspecified atom stereocenters. The Morgan fingerprint density at radius 1 is 1.80 bits per heavy atom. The molecule has 1 rings (SSSR count). The molecule has 0 bridgehead atoms. The van der Waals surface area contributed by atoms with Gasteiger partial charge in [-0.05, 0) is 6.92 Å². The molecular weight excluding hydrogens is 132 g/mol. The van der Waals surface area contributed by atoms with Crippen LogP contribution >= 0.6 is 0 Å². The quantitative estimate of drug-likeness (QED) is 0.582. The minimum Gasteiger partial charge on any atom is -0.428 e. The van der Waals surface area contributed by atoms with Crippen molar-refractivity contribution in [3.05, 3.63) is 18.9 Å². The molecule has 0 aliphatic heterocycles. The fourth-order valence-corrected chi connectivity index (χ4v) is 0.569. The van der Waals surface area contributed by atoms with E-state index in [-0.39, 0.29) is 0 Å². The second-order valence-electron chi connectivity index (χ2n) is 1.69. The molecular formula is C6H9N2O2. The van der Waals surface area contributed by atoms with Gasteiger partial charge in [0.15, 0.2) is 0 Å². The first kappa shape index (κ1) is 7.21. The van der Waals surface area contributed by atoms with Crippen molar-refractivity contribution in [1.82, 2.24) is 10.2 Å². The van der Waals surface area contributed by atoms with Gasteiger partial charge in [0.25, 0.3) is 0 Å². The number of rotatable bonds is 4. The maximum Gasteiger partial charge on any atom is 0.218 e. The van der Waals surface area contributed by atoms with Crippen LogP contribution in [0.3, 0.4) is 0 Å². The van der Waals surface area contributed by atoms with Crippen molar-refractivity contribution in [3.63, 3.8) is 0 Å². The first-order valence-electron chi connectivity index (χ1n) is 3.08. The van der Waals surface area contributed by atoms with Crippen LogP contribution in [0.1, 0.15) is 12.8 Å². The molecule has 4 heteroatoms. The zero-order chi connectivity index (χ0) is 7.23. The third-order valence-corrected chi connectivity index (χ3v) is 1.01. The van der Waals surface area contributed by atoms with Crippen molar-refractivity contribution < 1.29 is 9.15 Å². The monoisotopic (exact) mass is 141 g/mol. The van der Waals surface area contributed by atoms with Gasteiger partial charge >= 0.3 is 0 Å². The predicted octanol–water partition coefficient (Wildman–Crippen LogP) is 0.810. The summed E-state index contributed by atoms with van der Waals surface area (Å²) in [6, 6.07) is 0. The molecule has 0 atom stereocenters. The summed E-state index contributed by atoms with van der Waals surface area (Å²) in [6.45, 7) is 4.06. The molecule has 0 aliphatic carbocycles. The Bertz CT molecular complexity index is 162. The minimum atomic E-state index is 0.596. The summed E-state index contributed by atoms with van der Waals surface area (Å²) in [7, 11) is 0. The normalized spacial score (nSPS) is 10.1. The minimum absolute atomic E-state index is 0.596. The molecule has 1 heterocycles. The number of hydrogen-bond acceptors (Lipinski definition) is 4. The molecule has 4 nitrogen and oxygen atoms in total. The second kappa shape index (κ2) is 4.00. The summed E-state index contributed by atoms with van der Waals surface area (Å²) < 4.78 is 9.82. The maximum atomic E-state index is 4.95. The Morgan fingerprint density at radius 2 is 2.70 bits per heavy atom. The molecule has 55 valence electrons. The fourth-order valence-electron chi connectivity index (χ4n) is 0.569. The predicted molar refractivity (Wildman–Crippen MR) is 33.9 cm³/mol. The summed E-state index contributed by atoms with van der Waals surface area (Å²) in [5.41, 5.74) is 0. The molecule has 1 aromatic heterocycles. The van der Waals surface area contributed by atoms with E-state index in [2.05, 4.69) is 10.2 Å². The van der Waals surface area contributed by atoms with Gasteiger partial charge in [-0.2, -0.15) is 0 Å². The Kier molecular flexibility index (Phi) is 2.89. The van der Waals surface area contributed by atoms with Crippen LogP contribution in [0, 0.1) is 6.61 Å². The third-order valence-electron chi connectivity index (χ3n) is 1.01. The van der Waals surface area contributed by atoms with E-state index in [1.165, 1.54) is 6.39 Å². The molecule has 1 radical (unpaired) electrons. The molecule has 0 saturated heterocycles. The van der Waals surface area contributed by atoms with E-state index >= 15 is 0 Å². The third kappa shape index (κ3) is 2.14. The highest BCUT2D eigenvalue weighted by molar-refractivity contribution is 4.71. The van der Waals surface area contributed by atoms with Crippen molar-refractivity contribution in [1.29, 1.82) is 0 Å². The van der Waals surface area contributed by atoms with Crippen LogP contribution in [0.5, 0.6) is 0 Å². The van der Waals surface area contributed by atoms with Gasteiger partial charge in [0.1, 0.15) is 0 Å². The number of ether oxygens (including phenoxy) is 1. The Morgan fingerprint density at radius 3 is 3.30 bits per heavy atom. The molecule has 1 aromatic rings. The fraction of sp³-hybridized carbons (Fsp3) is 0.500. The van der Waals surface area contributed by atoms with Crippen LogP contribution in [0.2, 0.25) is 0 Å². The smallest absolute Gasteiger partial charge is 0.218 e. The summed E-state index contributed by atoms with van der Waals surface area (Å²) in [4.78, 5) is 0. The first-order valence-corrected chi connectivity index (χ1v) is 3.08. The molecule has 0 spiro atoms. The highest BCUT2D eigenvalue weighted by atomic mass is 16.5. The number of aromatic nitrogens is 2. The van der Waals surface area contributed by atoms with E-state index in [1.807, 2.05) is 6.92 Å². The van der Waals surface area contributed by atoms with E-state index in [0.717, 1.165) is 0 Å². The largest absolute Gasteiger partial charge is 0.428 e. The first-order chi connectivity index (χ1) is 4.93. The molecule has 0 saturated carbocycles. The summed E-state index contributed by atoms with van der Waals surface area (Å²) >= 11 is 0. The van der Waals surface area contributed by atoms with E-state index < -0.39 is 0 Å². The van der Waals surface area contributed by atoms with Crippen LogP contribution < -0.4 is 0 Å². The molecule has 0 aromatic carbocycles. The highest BCUT2D eigenvalue weighted by Crippen LogP contribution is 1.93. The Balaban J connectivity index is 2.15. The van der Waals surface area contributed by atoms with E-state index in [1.54, 1.807) is 6.61 Å². The van der Waals surface area contributed by atoms with Gasteiger partial charge in [-0.25, -0.2) is 0 Å². The molecule has 10 heavy (non-hydrogen) atoms. The lowest BCUT2D eigenvalue weighted by molar-refractivity contribution is 0.200. The zero-order valence-electron chi connectivity index (χ0n) is 5.78. The van der Waals surface area contributed by atoms with Crippen molar-refractivity contribution in [2.45, 2.75) is 13.3 Å². The summed E-state index contributed by atoms with van der Waals surface area (Å²) in [6.07, 6.45) is 1.98. The highest BCUT2D eigenvalue weighted by Gasteiger charge is 1.96. The van der Waals surface area contributed by atoms with Crippen LogP contribution in [0.15, 0.2) is 10.8 Å². The lowest BCUT2D eigenvalue weighted by atomic mass is 10.5. The molecule has 0 amide bonds. The van der Waals surface area contributed by atoms with Gasteiger partial charge in [0, 0.05) is 6.42 Å². The van der Waals surface area contributed by atoms with Crippen molar-refractivity contribution in [3.8, 4) is 0 Å². The Labute approximate surface area is 59.2 Å². The lowest BCUT2D eigenvalue weighted by Crippen LogP contribution is -1.95. The topological polar surface area (TPSA) is 48.2 Å². The zero-order valence-corrected chi connectivity index (χ0v) is 5.78. The van der Waals surface area contributed by atoms with Crippen molar-refractivity contribution in [2.75, 3.05) is 6.61 Å². The van der Waals surface area contributed by atoms with Crippen molar-refractivity contribution >= 4 is 0 Å². The SMILES string of the molecule is C[CH]OCCc1nnco1. The second-order valence-corrected chi connectivity index (χ2v) is 1.69. The van der Waals surface area contributed by atoms with Crippen LogP contribution in [-0.2, 0) is 11.2 Å². The van der Waals surface area contributed by atoms with Gasteiger partial charge in [-0.1, -0.05) is 0 Å². The molecule has 0 aliphatic rings. The van der Waals surface area contributed by atoms with E-state index in [4.69, 9.17) is 9.15 Å². The average Bonchev–Trinajstić information content (AvgIpc) is 2.41. The van der Waals surface area contributed by atoms with Gasteiger partial charge in [0.05, 0.1) is 13.2 Å². The van der Waals surface area contributed by atoms with Crippen molar-refractivity contribution in [2.24, 2.45) is 0 Å². The van der Waals surface area contributed by atoms with Gasteiger partial charge < -0.3 is 9.15 Å². The van der Waals surface area contributed by atoms with Crippen LogP contribution in [0.25, 0.3) is 0 Å². The Hall–Kier alpha value is -0.900. The summed E-state index contributed by atoms with van der Waals surface area (Å²) in [5.74, 6) is 0.613. The number of nitrogens with zero attached hydrogens (tertiary/aromatic N) is 2. The van der Waals surface area contributed by atoms with Crippen LogP contribution in [-0.4, -0.2) is 16.8 Å². The standard InChI is InChI=1S/C6H9N2O2/c1-2-9-4-3-6-8-7-5-10-6/h2,5H,3-4H2,1H3. The maximum absolute atomic E-state index is 4.95. The van der Waals surface area contributed by atoms with Gasteiger partial charge in [-0.15, -0.1) is 10.2 Å². The van der Waals surface area contributed by atoms with Gasteiger partial charge in [-0.3, -0.25) is 0 Å². The lowest BCUT2D eigenvalue weighted by Gasteiger charge is -1.93. The molecule has 0 fully saturated rings. The van der Waals surface area contributed by atoms with Crippen LogP contribution in [0.4, 0.5) is 0 Å². The van der Waals surface area contributed by atoms with E-state index in [0.29, 0.717) is 18.9 Å². The van der Waals surface area contributed by atoms with Gasteiger partial charge in [0.2, 0.25) is 12.3 Å². The molecule has 0 N–H and O–H groups in total. The average molecular weight is 141 g/mol. The number of hydrogen-bond donors (Lipinski definition) is 0.